The van der Waals surface area contributed by atoms with Crippen LogP contribution >= 0.6 is 12.4 Å². The van der Waals surface area contributed by atoms with Gasteiger partial charge in [-0.05, 0) is 62.9 Å². The molecule has 22 heavy (non-hydrogen) atoms. The number of hydrogen-bond donors (Lipinski definition) is 1. The molecule has 0 spiro atoms. The quantitative estimate of drug-likeness (QED) is 0.890. The average Bonchev–Trinajstić information content (AvgIpc) is 2.72. The molecule has 1 aliphatic rings. The molecule has 0 bridgehead atoms. The zero-order valence-electron chi connectivity index (χ0n) is 14.3. The molecule has 2 rings (SSSR count). The molecule has 0 aromatic carbocycles. The summed E-state index contributed by atoms with van der Waals surface area (Å²) in [5.74, 6) is 0. The Morgan fingerprint density at radius 3 is 2.73 bits per heavy atom. The van der Waals surface area contributed by atoms with Crippen molar-refractivity contribution >= 4 is 12.4 Å². The van der Waals surface area contributed by atoms with E-state index in [1.807, 2.05) is 12.3 Å². The van der Waals surface area contributed by atoms with E-state index in [0.29, 0.717) is 11.5 Å². The maximum Gasteiger partial charge on any atom is 0.0544 e. The Bertz CT molecular complexity index is 395. The van der Waals surface area contributed by atoms with Crippen LogP contribution in [0.15, 0.2) is 24.4 Å². The van der Waals surface area contributed by atoms with Gasteiger partial charge in [0.25, 0.3) is 0 Å². The Morgan fingerprint density at radius 2 is 2.05 bits per heavy atom. The highest BCUT2D eigenvalue weighted by atomic mass is 35.5. The van der Waals surface area contributed by atoms with Gasteiger partial charge in [0.1, 0.15) is 0 Å². The summed E-state index contributed by atoms with van der Waals surface area (Å²) < 4.78 is 0. The third-order valence-electron chi connectivity index (χ3n) is 4.30. The van der Waals surface area contributed by atoms with E-state index in [-0.39, 0.29) is 12.4 Å². The van der Waals surface area contributed by atoms with E-state index in [9.17, 15) is 0 Å². The molecule has 1 unspecified atom stereocenters. The fourth-order valence-corrected chi connectivity index (χ4v) is 2.94. The summed E-state index contributed by atoms with van der Waals surface area (Å²) in [5, 5.41) is 3.53. The van der Waals surface area contributed by atoms with Gasteiger partial charge in [-0.15, -0.1) is 12.4 Å². The molecule has 0 aliphatic carbocycles. The predicted octanol–water partition coefficient (Wildman–Crippen LogP) is 3.88. The molecule has 1 aromatic heterocycles. The van der Waals surface area contributed by atoms with Gasteiger partial charge in [-0.3, -0.25) is 9.88 Å². The second kappa shape index (κ2) is 9.49. The highest BCUT2D eigenvalue weighted by Gasteiger charge is 2.22. The summed E-state index contributed by atoms with van der Waals surface area (Å²) in [4.78, 5) is 7.19. The van der Waals surface area contributed by atoms with Crippen molar-refractivity contribution in [2.75, 3.05) is 19.6 Å². The number of nitrogens with zero attached hydrogens (tertiary/aromatic N) is 2. The molecule has 1 fully saturated rings. The van der Waals surface area contributed by atoms with Crippen LogP contribution in [-0.4, -0.2) is 35.6 Å². The topological polar surface area (TPSA) is 28.2 Å². The van der Waals surface area contributed by atoms with E-state index in [0.717, 1.165) is 13.1 Å². The third-order valence-corrected chi connectivity index (χ3v) is 4.30. The molecule has 3 nitrogen and oxygen atoms in total. The summed E-state index contributed by atoms with van der Waals surface area (Å²) in [6.07, 6.45) is 7.01. The van der Waals surface area contributed by atoms with Crippen LogP contribution < -0.4 is 5.32 Å². The van der Waals surface area contributed by atoms with E-state index >= 15 is 0 Å². The van der Waals surface area contributed by atoms with E-state index in [1.54, 1.807) is 0 Å². The van der Waals surface area contributed by atoms with Crippen molar-refractivity contribution in [3.63, 3.8) is 0 Å². The van der Waals surface area contributed by atoms with Crippen molar-refractivity contribution in [1.29, 1.82) is 0 Å². The van der Waals surface area contributed by atoms with Crippen molar-refractivity contribution < 1.29 is 0 Å². The number of aromatic nitrogens is 1. The van der Waals surface area contributed by atoms with Crippen LogP contribution in [0.4, 0.5) is 0 Å². The standard InChI is InChI=1S/C18H31N3.ClH/c1-18(2,3)10-14-21(15-16-7-4-5-12-20-16)17-8-6-11-19-13-9-17;/h4-5,7,12,17,19H,6,8-11,13-15H2,1-3H3;1H. The van der Waals surface area contributed by atoms with Gasteiger partial charge in [-0.2, -0.15) is 0 Å². The Morgan fingerprint density at radius 1 is 1.23 bits per heavy atom. The van der Waals surface area contributed by atoms with Crippen LogP contribution in [0.2, 0.25) is 0 Å². The van der Waals surface area contributed by atoms with E-state index in [2.05, 4.69) is 48.1 Å². The second-order valence-corrected chi connectivity index (χ2v) is 7.44. The van der Waals surface area contributed by atoms with Gasteiger partial charge in [0.05, 0.1) is 5.69 Å². The van der Waals surface area contributed by atoms with Crippen LogP contribution in [0, 0.1) is 5.41 Å². The van der Waals surface area contributed by atoms with Crippen molar-refractivity contribution in [2.24, 2.45) is 5.41 Å². The Kier molecular flexibility index (Phi) is 8.37. The Hall–Kier alpha value is -0.640. The van der Waals surface area contributed by atoms with Crippen LogP contribution in [0.5, 0.6) is 0 Å². The molecule has 4 heteroatoms. The monoisotopic (exact) mass is 325 g/mol. The van der Waals surface area contributed by atoms with Crippen molar-refractivity contribution in [3.05, 3.63) is 30.1 Å². The highest BCUT2D eigenvalue weighted by molar-refractivity contribution is 5.85. The molecule has 1 aromatic rings. The Balaban J connectivity index is 0.00000242. The van der Waals surface area contributed by atoms with Crippen LogP contribution in [-0.2, 0) is 6.54 Å². The summed E-state index contributed by atoms with van der Waals surface area (Å²) in [7, 11) is 0. The molecule has 0 amide bonds. The minimum absolute atomic E-state index is 0. The van der Waals surface area contributed by atoms with Gasteiger partial charge in [0.15, 0.2) is 0 Å². The summed E-state index contributed by atoms with van der Waals surface area (Å²) in [5.41, 5.74) is 1.59. The maximum absolute atomic E-state index is 4.52. The molecule has 2 heterocycles. The second-order valence-electron chi connectivity index (χ2n) is 7.44. The predicted molar refractivity (Wildman–Crippen MR) is 96.5 cm³/mol. The highest BCUT2D eigenvalue weighted by Crippen LogP contribution is 2.23. The van der Waals surface area contributed by atoms with Gasteiger partial charge < -0.3 is 5.32 Å². The minimum atomic E-state index is 0. The first-order valence-corrected chi connectivity index (χ1v) is 8.39. The van der Waals surface area contributed by atoms with Gasteiger partial charge in [-0.25, -0.2) is 0 Å². The number of pyridine rings is 1. The van der Waals surface area contributed by atoms with Crippen LogP contribution in [0.1, 0.15) is 52.1 Å². The maximum atomic E-state index is 4.52. The van der Waals surface area contributed by atoms with Gasteiger partial charge in [0.2, 0.25) is 0 Å². The van der Waals surface area contributed by atoms with E-state index in [4.69, 9.17) is 0 Å². The number of halogens is 1. The molecule has 1 aliphatic heterocycles. The third kappa shape index (κ3) is 7.08. The Labute approximate surface area is 142 Å². The van der Waals surface area contributed by atoms with Gasteiger partial charge >= 0.3 is 0 Å². The van der Waals surface area contributed by atoms with Crippen LogP contribution in [0.25, 0.3) is 0 Å². The van der Waals surface area contributed by atoms with Gasteiger partial charge in [0, 0.05) is 18.8 Å². The first-order chi connectivity index (χ1) is 10.0. The summed E-state index contributed by atoms with van der Waals surface area (Å²) in [6.45, 7) is 11.5. The fourth-order valence-electron chi connectivity index (χ4n) is 2.94. The molecule has 1 atom stereocenters. The number of hydrogen-bond acceptors (Lipinski definition) is 3. The SMILES string of the molecule is CC(C)(C)CCN(Cc1ccccn1)C1CCCNCC1.Cl. The lowest BCUT2D eigenvalue weighted by Gasteiger charge is -2.33. The van der Waals surface area contributed by atoms with E-state index in [1.165, 1.54) is 44.5 Å². The zero-order chi connectivity index (χ0) is 15.1. The minimum Gasteiger partial charge on any atom is -0.317 e. The molecular formula is C18H32ClN3. The molecule has 1 saturated heterocycles. The largest absolute Gasteiger partial charge is 0.317 e. The average molecular weight is 326 g/mol. The van der Waals surface area contributed by atoms with Crippen molar-refractivity contribution in [1.82, 2.24) is 15.2 Å². The van der Waals surface area contributed by atoms with Crippen molar-refractivity contribution in [3.8, 4) is 0 Å². The molecule has 0 radical (unpaired) electrons. The fraction of sp³-hybridized carbons (Fsp3) is 0.722. The van der Waals surface area contributed by atoms with Gasteiger partial charge in [-0.1, -0.05) is 26.8 Å². The zero-order valence-corrected chi connectivity index (χ0v) is 15.2. The first kappa shape index (κ1) is 19.4. The molecule has 0 saturated carbocycles. The smallest absolute Gasteiger partial charge is 0.0544 e. The molecular weight excluding hydrogens is 294 g/mol. The molecule has 1 N–H and O–H groups in total. The van der Waals surface area contributed by atoms with Crippen LogP contribution in [0.3, 0.4) is 0 Å². The number of nitrogens with one attached hydrogen (secondary N) is 1. The lowest BCUT2D eigenvalue weighted by Crippen LogP contribution is -2.37. The first-order valence-electron chi connectivity index (χ1n) is 8.39. The normalized spacial score (nSPS) is 19.5. The lowest BCUT2D eigenvalue weighted by atomic mass is 9.91. The number of rotatable bonds is 5. The van der Waals surface area contributed by atoms with E-state index < -0.39 is 0 Å². The summed E-state index contributed by atoms with van der Waals surface area (Å²) in [6, 6.07) is 6.95. The van der Waals surface area contributed by atoms with Crippen molar-refractivity contribution in [2.45, 2.75) is 59.0 Å². The lowest BCUT2D eigenvalue weighted by molar-refractivity contribution is 0.148. The summed E-state index contributed by atoms with van der Waals surface area (Å²) >= 11 is 0. The molecule has 126 valence electrons.